The molecular weight excluding hydrogens is 336 g/mol. The molecule has 0 amide bonds. The Labute approximate surface area is 131 Å². The smallest absolute Gasteiger partial charge is 0.292 e. The average molecular weight is 351 g/mol. The number of ether oxygens (including phenoxy) is 1. The molecule has 6 heteroatoms. The molecule has 5 nitrogen and oxygen atoms in total. The molecule has 0 saturated carbocycles. The van der Waals surface area contributed by atoms with Crippen LogP contribution in [0.1, 0.15) is 11.1 Å². The summed E-state index contributed by atoms with van der Waals surface area (Å²) >= 11 is 3.41. The molecule has 0 radical (unpaired) electrons. The molecule has 0 heterocycles. The Balaban J connectivity index is 2.26. The van der Waals surface area contributed by atoms with Crippen LogP contribution in [-0.4, -0.2) is 12.0 Å². The first-order chi connectivity index (χ1) is 10.0. The van der Waals surface area contributed by atoms with Crippen molar-refractivity contribution < 1.29 is 9.66 Å². The van der Waals surface area contributed by atoms with E-state index in [9.17, 15) is 10.1 Å². The van der Waals surface area contributed by atoms with Crippen molar-refractivity contribution in [2.45, 2.75) is 13.5 Å². The Bertz CT molecular complexity index is 674. The number of rotatable bonds is 5. The normalized spacial score (nSPS) is 10.2. The summed E-state index contributed by atoms with van der Waals surface area (Å²) in [6, 6.07) is 10.7. The molecule has 21 heavy (non-hydrogen) atoms. The van der Waals surface area contributed by atoms with Gasteiger partial charge in [0.15, 0.2) is 0 Å². The number of benzene rings is 2. The zero-order chi connectivity index (χ0) is 15.4. The highest BCUT2D eigenvalue weighted by molar-refractivity contribution is 9.10. The summed E-state index contributed by atoms with van der Waals surface area (Å²) in [5.74, 6) is 0.737. The number of anilines is 1. The van der Waals surface area contributed by atoms with Gasteiger partial charge in [-0.3, -0.25) is 10.1 Å². The Morgan fingerprint density at radius 2 is 2.05 bits per heavy atom. The summed E-state index contributed by atoms with van der Waals surface area (Å²) in [6.07, 6.45) is 0. The fraction of sp³-hybridized carbons (Fsp3) is 0.200. The number of methoxy groups -OCH3 is 1. The monoisotopic (exact) mass is 350 g/mol. The van der Waals surface area contributed by atoms with Crippen LogP contribution in [0.2, 0.25) is 0 Å². The van der Waals surface area contributed by atoms with E-state index < -0.39 is 0 Å². The lowest BCUT2D eigenvalue weighted by Crippen LogP contribution is -2.04. The van der Waals surface area contributed by atoms with Crippen LogP contribution < -0.4 is 10.1 Å². The lowest BCUT2D eigenvalue weighted by atomic mass is 10.1. The van der Waals surface area contributed by atoms with E-state index in [1.807, 2.05) is 25.1 Å². The summed E-state index contributed by atoms with van der Waals surface area (Å²) in [7, 11) is 1.60. The summed E-state index contributed by atoms with van der Waals surface area (Å²) in [5, 5.41) is 14.2. The van der Waals surface area contributed by atoms with Crippen molar-refractivity contribution >= 4 is 27.3 Å². The predicted octanol–water partition coefficient (Wildman–Crippen LogP) is 4.29. The molecule has 0 fully saturated rings. The maximum atomic E-state index is 11.1. The first-order valence-corrected chi connectivity index (χ1v) is 7.12. The molecule has 0 aliphatic heterocycles. The van der Waals surface area contributed by atoms with Crippen LogP contribution in [0.3, 0.4) is 0 Å². The highest BCUT2D eigenvalue weighted by Gasteiger charge is 2.14. The molecule has 2 rings (SSSR count). The highest BCUT2D eigenvalue weighted by Crippen LogP contribution is 2.28. The van der Waals surface area contributed by atoms with E-state index in [0.29, 0.717) is 12.2 Å². The van der Waals surface area contributed by atoms with Crippen LogP contribution in [0, 0.1) is 17.0 Å². The van der Waals surface area contributed by atoms with E-state index in [1.54, 1.807) is 19.2 Å². The van der Waals surface area contributed by atoms with Crippen LogP contribution >= 0.6 is 15.9 Å². The van der Waals surface area contributed by atoms with E-state index in [2.05, 4.69) is 21.2 Å². The lowest BCUT2D eigenvalue weighted by Gasteiger charge is -2.12. The van der Waals surface area contributed by atoms with E-state index in [4.69, 9.17) is 4.74 Å². The summed E-state index contributed by atoms with van der Waals surface area (Å²) in [4.78, 5) is 10.7. The number of hydrogen-bond acceptors (Lipinski definition) is 4. The highest BCUT2D eigenvalue weighted by atomic mass is 79.9. The van der Waals surface area contributed by atoms with Gasteiger partial charge in [-0.05, 0) is 36.8 Å². The fourth-order valence-electron chi connectivity index (χ4n) is 2.03. The molecule has 2 aromatic carbocycles. The minimum Gasteiger partial charge on any atom is -0.496 e. The van der Waals surface area contributed by atoms with Gasteiger partial charge in [0.25, 0.3) is 5.69 Å². The van der Waals surface area contributed by atoms with Crippen LogP contribution in [0.5, 0.6) is 5.75 Å². The van der Waals surface area contributed by atoms with Gasteiger partial charge in [0.2, 0.25) is 0 Å². The predicted molar refractivity (Wildman–Crippen MR) is 85.9 cm³/mol. The van der Waals surface area contributed by atoms with Crippen molar-refractivity contribution in [1.29, 1.82) is 0 Å². The quantitative estimate of drug-likeness (QED) is 0.645. The van der Waals surface area contributed by atoms with Gasteiger partial charge < -0.3 is 10.1 Å². The van der Waals surface area contributed by atoms with E-state index in [0.717, 1.165) is 21.3 Å². The van der Waals surface area contributed by atoms with Crippen LogP contribution in [-0.2, 0) is 6.54 Å². The number of nitro benzene ring substituents is 1. The molecule has 110 valence electrons. The number of nitrogens with zero attached hydrogens (tertiary/aromatic N) is 1. The van der Waals surface area contributed by atoms with Gasteiger partial charge in [-0.1, -0.05) is 22.0 Å². The van der Waals surface area contributed by atoms with Gasteiger partial charge in [0.1, 0.15) is 11.4 Å². The van der Waals surface area contributed by atoms with Gasteiger partial charge in [0.05, 0.1) is 12.0 Å². The third kappa shape index (κ3) is 3.72. The topological polar surface area (TPSA) is 64.4 Å². The van der Waals surface area contributed by atoms with Gasteiger partial charge in [-0.2, -0.15) is 0 Å². The maximum Gasteiger partial charge on any atom is 0.292 e. The molecule has 0 atom stereocenters. The van der Waals surface area contributed by atoms with Crippen molar-refractivity contribution in [1.82, 2.24) is 0 Å². The van der Waals surface area contributed by atoms with E-state index >= 15 is 0 Å². The molecule has 0 bridgehead atoms. The summed E-state index contributed by atoms with van der Waals surface area (Å²) in [5.41, 5.74) is 2.45. The van der Waals surface area contributed by atoms with Crippen LogP contribution in [0.4, 0.5) is 11.4 Å². The van der Waals surface area contributed by atoms with Crippen LogP contribution in [0.15, 0.2) is 40.9 Å². The zero-order valence-electron chi connectivity index (χ0n) is 11.7. The maximum absolute atomic E-state index is 11.1. The van der Waals surface area contributed by atoms with Crippen molar-refractivity contribution in [3.63, 3.8) is 0 Å². The van der Waals surface area contributed by atoms with Gasteiger partial charge in [-0.15, -0.1) is 0 Å². The number of aryl methyl sites for hydroxylation is 1. The average Bonchev–Trinajstić information content (AvgIpc) is 2.45. The zero-order valence-corrected chi connectivity index (χ0v) is 13.3. The SMILES string of the molecule is COc1ccc(Br)cc1CNc1cc(C)ccc1[N+](=O)[O-]. The minimum absolute atomic E-state index is 0.0644. The van der Waals surface area contributed by atoms with Crippen molar-refractivity contribution in [2.75, 3.05) is 12.4 Å². The fourth-order valence-corrected chi connectivity index (χ4v) is 2.43. The molecule has 0 saturated heterocycles. The Kier molecular flexibility index (Phi) is 4.80. The summed E-state index contributed by atoms with van der Waals surface area (Å²) < 4.78 is 6.22. The third-order valence-corrected chi connectivity index (χ3v) is 3.55. The second-order valence-corrected chi connectivity index (χ2v) is 5.50. The minimum atomic E-state index is -0.389. The van der Waals surface area contributed by atoms with Crippen LogP contribution in [0.25, 0.3) is 0 Å². The molecule has 0 aromatic heterocycles. The molecule has 2 aromatic rings. The largest absolute Gasteiger partial charge is 0.496 e. The number of halogens is 1. The second-order valence-electron chi connectivity index (χ2n) is 4.59. The van der Waals surface area contributed by atoms with Gasteiger partial charge in [0, 0.05) is 22.6 Å². The molecule has 0 aliphatic carbocycles. The number of hydrogen-bond donors (Lipinski definition) is 1. The Morgan fingerprint density at radius 3 is 2.71 bits per heavy atom. The standard InChI is InChI=1S/C15H15BrN2O3/c1-10-3-5-14(18(19)20)13(7-10)17-9-11-8-12(16)4-6-15(11)21-2/h3-8,17H,9H2,1-2H3. The van der Waals surface area contributed by atoms with Crippen molar-refractivity contribution in [2.24, 2.45) is 0 Å². The Hall–Kier alpha value is -2.08. The van der Waals surface area contributed by atoms with Crippen molar-refractivity contribution in [3.05, 3.63) is 62.1 Å². The van der Waals surface area contributed by atoms with Gasteiger partial charge >= 0.3 is 0 Å². The third-order valence-electron chi connectivity index (χ3n) is 3.06. The molecule has 1 N–H and O–H groups in total. The summed E-state index contributed by atoms with van der Waals surface area (Å²) in [6.45, 7) is 2.33. The van der Waals surface area contributed by atoms with E-state index in [-0.39, 0.29) is 10.6 Å². The van der Waals surface area contributed by atoms with Gasteiger partial charge in [-0.25, -0.2) is 0 Å². The van der Waals surface area contributed by atoms with Crippen molar-refractivity contribution in [3.8, 4) is 5.75 Å². The van der Waals surface area contributed by atoms with E-state index in [1.165, 1.54) is 6.07 Å². The first kappa shape index (κ1) is 15.3. The lowest BCUT2D eigenvalue weighted by molar-refractivity contribution is -0.384. The number of nitrogens with one attached hydrogen (secondary N) is 1. The molecule has 0 aliphatic rings. The molecular formula is C15H15BrN2O3. The molecule has 0 spiro atoms. The molecule has 0 unspecified atom stereocenters. The Morgan fingerprint density at radius 1 is 1.29 bits per heavy atom. The second kappa shape index (κ2) is 6.58. The first-order valence-electron chi connectivity index (χ1n) is 6.32. The number of nitro groups is 1.